The van der Waals surface area contributed by atoms with Crippen molar-refractivity contribution in [3.63, 3.8) is 0 Å². The predicted octanol–water partition coefficient (Wildman–Crippen LogP) is 2.36. The van der Waals surface area contributed by atoms with Gasteiger partial charge in [0.2, 0.25) is 5.91 Å². The van der Waals surface area contributed by atoms with E-state index in [0.29, 0.717) is 0 Å². The third-order valence-corrected chi connectivity index (χ3v) is 3.87. The summed E-state index contributed by atoms with van der Waals surface area (Å²) in [5.74, 6) is 0.102. The zero-order valence-electron chi connectivity index (χ0n) is 11.5. The number of hydrogen-bond acceptors (Lipinski definition) is 2. The van der Waals surface area contributed by atoms with Gasteiger partial charge in [0.1, 0.15) is 6.17 Å². The number of rotatable bonds is 3. The fourth-order valence-corrected chi connectivity index (χ4v) is 2.73. The van der Waals surface area contributed by atoms with E-state index in [-0.39, 0.29) is 18.1 Å². The smallest absolute Gasteiger partial charge is 0.239 e. The summed E-state index contributed by atoms with van der Waals surface area (Å²) in [6, 6.07) is 20.1. The summed E-state index contributed by atoms with van der Waals surface area (Å²) in [5.41, 5.74) is 2.31. The van der Waals surface area contributed by atoms with Crippen molar-refractivity contribution in [1.29, 1.82) is 0 Å². The lowest BCUT2D eigenvalue weighted by Crippen LogP contribution is -2.32. The maximum Gasteiger partial charge on any atom is 0.239 e. The van der Waals surface area contributed by atoms with Crippen molar-refractivity contribution in [2.45, 2.75) is 18.6 Å². The molecular weight excluding hydrogens is 248 g/mol. The fourth-order valence-electron chi connectivity index (χ4n) is 2.73. The van der Waals surface area contributed by atoms with Crippen molar-refractivity contribution in [2.24, 2.45) is 0 Å². The molecule has 1 aliphatic rings. The molecular formula is C17H18N2O. The molecule has 1 aliphatic heterocycles. The van der Waals surface area contributed by atoms with E-state index in [1.54, 1.807) is 0 Å². The summed E-state index contributed by atoms with van der Waals surface area (Å²) in [4.78, 5) is 14.3. The maximum atomic E-state index is 12.2. The molecule has 0 aromatic heterocycles. The molecule has 1 N–H and O–H groups in total. The van der Waals surface area contributed by atoms with Crippen molar-refractivity contribution in [3.05, 3.63) is 71.8 Å². The van der Waals surface area contributed by atoms with Crippen LogP contribution in [0.5, 0.6) is 0 Å². The molecule has 0 bridgehead atoms. The first kappa shape index (κ1) is 12.9. The fraction of sp³-hybridized carbons (Fsp3) is 0.235. The minimum Gasteiger partial charge on any atom is -0.335 e. The first-order chi connectivity index (χ1) is 9.75. The number of nitrogens with one attached hydrogen (secondary N) is 1. The van der Waals surface area contributed by atoms with Crippen LogP contribution in [0, 0.1) is 0 Å². The van der Waals surface area contributed by atoms with E-state index in [0.717, 1.165) is 12.0 Å². The molecule has 0 aliphatic carbocycles. The second kappa shape index (κ2) is 5.47. The average Bonchev–Trinajstić information content (AvgIpc) is 2.77. The van der Waals surface area contributed by atoms with Crippen LogP contribution >= 0.6 is 0 Å². The van der Waals surface area contributed by atoms with Crippen LogP contribution in [0.2, 0.25) is 0 Å². The van der Waals surface area contributed by atoms with Gasteiger partial charge in [-0.05, 0) is 24.6 Å². The Morgan fingerprint density at radius 3 is 2.25 bits per heavy atom. The molecule has 20 heavy (non-hydrogen) atoms. The molecule has 2 aromatic carbocycles. The van der Waals surface area contributed by atoms with Crippen LogP contribution in [-0.2, 0) is 11.2 Å². The Bertz CT molecular complexity index is 582. The zero-order valence-corrected chi connectivity index (χ0v) is 11.5. The highest BCUT2D eigenvalue weighted by molar-refractivity contribution is 5.84. The highest BCUT2D eigenvalue weighted by Crippen LogP contribution is 2.26. The highest BCUT2D eigenvalue weighted by atomic mass is 16.2. The molecule has 3 nitrogen and oxygen atoms in total. The Hall–Kier alpha value is -2.13. The van der Waals surface area contributed by atoms with Gasteiger partial charge in [0.05, 0.1) is 6.04 Å². The number of hydrogen-bond donors (Lipinski definition) is 1. The van der Waals surface area contributed by atoms with Crippen LogP contribution in [-0.4, -0.2) is 23.9 Å². The summed E-state index contributed by atoms with van der Waals surface area (Å²) in [5, 5.41) is 3.08. The van der Waals surface area contributed by atoms with Crippen molar-refractivity contribution in [1.82, 2.24) is 10.2 Å². The molecule has 2 atom stereocenters. The molecule has 2 aromatic rings. The number of carbonyl (C=O) groups excluding carboxylic acids is 1. The van der Waals surface area contributed by atoms with E-state index in [4.69, 9.17) is 0 Å². The minimum absolute atomic E-state index is 0.0302. The molecule has 0 unspecified atom stereocenters. The maximum absolute atomic E-state index is 12.2. The van der Waals surface area contributed by atoms with Gasteiger partial charge in [-0.1, -0.05) is 60.7 Å². The molecule has 1 amide bonds. The number of likely N-dealkylation sites (N-methyl/N-ethyl adjacent to an activating group) is 1. The number of nitrogens with zero attached hydrogens (tertiary/aromatic N) is 1. The normalized spacial score (nSPS) is 22.8. The van der Waals surface area contributed by atoms with Crippen LogP contribution < -0.4 is 5.32 Å². The van der Waals surface area contributed by atoms with Crippen molar-refractivity contribution < 1.29 is 4.79 Å². The largest absolute Gasteiger partial charge is 0.335 e. The van der Waals surface area contributed by atoms with Gasteiger partial charge in [-0.2, -0.15) is 0 Å². The summed E-state index contributed by atoms with van der Waals surface area (Å²) >= 11 is 0. The van der Waals surface area contributed by atoms with E-state index in [1.807, 2.05) is 55.6 Å². The zero-order chi connectivity index (χ0) is 13.9. The molecule has 0 radical (unpaired) electrons. The van der Waals surface area contributed by atoms with Crippen LogP contribution in [0.15, 0.2) is 60.7 Å². The van der Waals surface area contributed by atoms with Crippen molar-refractivity contribution >= 4 is 5.91 Å². The number of benzene rings is 2. The van der Waals surface area contributed by atoms with Crippen LogP contribution in [0.1, 0.15) is 17.3 Å². The first-order valence-electron chi connectivity index (χ1n) is 6.87. The second-order valence-corrected chi connectivity index (χ2v) is 5.19. The van der Waals surface area contributed by atoms with Gasteiger partial charge >= 0.3 is 0 Å². The highest BCUT2D eigenvalue weighted by Gasteiger charge is 2.37. The van der Waals surface area contributed by atoms with Gasteiger partial charge in [0.25, 0.3) is 0 Å². The standard InChI is InChI=1S/C17H18N2O/c1-19-15(12-13-8-4-2-5-9-13)17(20)18-16(19)14-10-6-3-7-11-14/h2-11,15-16H,12H2,1H3,(H,18,20)/t15-,16-/m0/s1. The van der Waals surface area contributed by atoms with E-state index in [9.17, 15) is 4.79 Å². The molecule has 3 rings (SSSR count). The Balaban J connectivity index is 1.79. The second-order valence-electron chi connectivity index (χ2n) is 5.19. The lowest BCUT2D eigenvalue weighted by atomic mass is 10.1. The van der Waals surface area contributed by atoms with Gasteiger partial charge in [-0.3, -0.25) is 9.69 Å². The van der Waals surface area contributed by atoms with E-state index >= 15 is 0 Å². The molecule has 1 saturated heterocycles. The van der Waals surface area contributed by atoms with E-state index in [1.165, 1.54) is 5.56 Å². The van der Waals surface area contributed by atoms with Gasteiger partial charge in [-0.25, -0.2) is 0 Å². The predicted molar refractivity (Wildman–Crippen MR) is 79.0 cm³/mol. The SMILES string of the molecule is CN1[C@@H](c2ccccc2)NC(=O)[C@@H]1Cc1ccccc1. The molecule has 1 heterocycles. The lowest BCUT2D eigenvalue weighted by molar-refractivity contribution is -0.121. The van der Waals surface area contributed by atoms with Gasteiger partial charge in [0, 0.05) is 0 Å². The molecule has 102 valence electrons. The lowest BCUT2D eigenvalue weighted by Gasteiger charge is -2.23. The van der Waals surface area contributed by atoms with Gasteiger partial charge < -0.3 is 5.32 Å². The average molecular weight is 266 g/mol. The van der Waals surface area contributed by atoms with E-state index < -0.39 is 0 Å². The monoisotopic (exact) mass is 266 g/mol. The topological polar surface area (TPSA) is 32.3 Å². The third kappa shape index (κ3) is 2.45. The summed E-state index contributed by atoms with van der Waals surface area (Å²) in [6.07, 6.45) is 0.712. The Labute approximate surface area is 119 Å². The van der Waals surface area contributed by atoms with Crippen LogP contribution in [0.3, 0.4) is 0 Å². The number of carbonyl (C=O) groups is 1. The summed E-state index contributed by atoms with van der Waals surface area (Å²) < 4.78 is 0. The first-order valence-corrected chi connectivity index (χ1v) is 6.87. The minimum atomic E-state index is -0.109. The van der Waals surface area contributed by atoms with Crippen LogP contribution in [0.4, 0.5) is 0 Å². The van der Waals surface area contributed by atoms with Gasteiger partial charge in [-0.15, -0.1) is 0 Å². The Kier molecular flexibility index (Phi) is 3.52. The Morgan fingerprint density at radius 1 is 1.00 bits per heavy atom. The molecule has 1 fully saturated rings. The van der Waals surface area contributed by atoms with Crippen molar-refractivity contribution in [3.8, 4) is 0 Å². The van der Waals surface area contributed by atoms with Crippen molar-refractivity contribution in [2.75, 3.05) is 7.05 Å². The number of amides is 1. The molecule has 0 saturated carbocycles. The summed E-state index contributed by atoms with van der Waals surface area (Å²) in [7, 11) is 2.00. The summed E-state index contributed by atoms with van der Waals surface area (Å²) in [6.45, 7) is 0. The quantitative estimate of drug-likeness (QED) is 0.925. The third-order valence-electron chi connectivity index (χ3n) is 3.87. The molecule has 0 spiro atoms. The van der Waals surface area contributed by atoms with Gasteiger partial charge in [0.15, 0.2) is 0 Å². The molecule has 3 heteroatoms. The Morgan fingerprint density at radius 2 is 1.60 bits per heavy atom. The van der Waals surface area contributed by atoms with Crippen LogP contribution in [0.25, 0.3) is 0 Å². The van der Waals surface area contributed by atoms with E-state index in [2.05, 4.69) is 22.3 Å².